The lowest BCUT2D eigenvalue weighted by atomic mass is 10.0. The summed E-state index contributed by atoms with van der Waals surface area (Å²) in [5, 5.41) is 1.30. The normalized spacial score (nSPS) is 20.9. The van der Waals surface area contributed by atoms with Crippen molar-refractivity contribution in [1.82, 2.24) is 4.90 Å². The minimum absolute atomic E-state index is 0.415. The van der Waals surface area contributed by atoms with Gasteiger partial charge in [-0.2, -0.15) is 0 Å². The Bertz CT molecular complexity index is 541. The lowest BCUT2D eigenvalue weighted by molar-refractivity contribution is 0.276. The molecule has 1 aliphatic rings. The topological polar surface area (TPSA) is 16.4 Å². The number of furan rings is 1. The number of rotatable bonds is 1. The number of benzene rings is 1. The van der Waals surface area contributed by atoms with Crippen molar-refractivity contribution in [3.05, 3.63) is 48.2 Å². The van der Waals surface area contributed by atoms with E-state index in [1.165, 1.54) is 16.5 Å². The Balaban J connectivity index is 2.22. The smallest absolute Gasteiger partial charge is 0.134 e. The summed E-state index contributed by atoms with van der Waals surface area (Å²) < 4.78 is 5.58. The molecule has 0 aliphatic carbocycles. The Hall–Kier alpha value is -1.54. The van der Waals surface area contributed by atoms with E-state index < -0.39 is 0 Å². The molecule has 0 saturated carbocycles. The van der Waals surface area contributed by atoms with E-state index in [4.69, 9.17) is 4.42 Å². The molecule has 1 aliphatic heterocycles. The second kappa shape index (κ2) is 3.49. The van der Waals surface area contributed by atoms with Crippen LogP contribution in [0.3, 0.4) is 0 Å². The van der Waals surface area contributed by atoms with Gasteiger partial charge in [0.1, 0.15) is 5.58 Å². The van der Waals surface area contributed by atoms with Crippen LogP contribution in [0, 0.1) is 0 Å². The molecule has 16 heavy (non-hydrogen) atoms. The molecule has 0 radical (unpaired) electrons. The zero-order chi connectivity index (χ0) is 11.1. The molecule has 0 saturated heterocycles. The van der Waals surface area contributed by atoms with Crippen LogP contribution >= 0.6 is 0 Å². The molecule has 3 rings (SSSR count). The maximum atomic E-state index is 5.58. The van der Waals surface area contributed by atoms with Crippen molar-refractivity contribution in [3.8, 4) is 0 Å². The maximum absolute atomic E-state index is 5.58. The molecule has 1 atom stereocenters. The lowest BCUT2D eigenvalue weighted by Gasteiger charge is -2.22. The Morgan fingerprint density at radius 1 is 1.44 bits per heavy atom. The number of likely N-dealkylation sites (N-methyl/N-ethyl adjacent to an activating group) is 1. The van der Waals surface area contributed by atoms with Gasteiger partial charge in [-0.3, -0.25) is 4.90 Å². The first-order chi connectivity index (χ1) is 7.79. The van der Waals surface area contributed by atoms with Crippen LogP contribution < -0.4 is 0 Å². The molecule has 2 nitrogen and oxygen atoms in total. The highest BCUT2D eigenvalue weighted by molar-refractivity contribution is 5.85. The molecular formula is C14H15NO. The van der Waals surface area contributed by atoms with E-state index in [0.717, 1.165) is 18.5 Å². The second-order valence-corrected chi connectivity index (χ2v) is 4.47. The summed E-state index contributed by atoms with van der Waals surface area (Å²) in [5.41, 5.74) is 3.67. The summed E-state index contributed by atoms with van der Waals surface area (Å²) in [5.74, 6) is 0. The molecule has 82 valence electrons. The van der Waals surface area contributed by atoms with Crippen molar-refractivity contribution in [1.29, 1.82) is 0 Å². The molecule has 1 unspecified atom stereocenters. The molecule has 1 aromatic heterocycles. The largest absolute Gasteiger partial charge is 0.464 e. The fraction of sp³-hybridized carbons (Fsp3) is 0.286. The van der Waals surface area contributed by atoms with Crippen molar-refractivity contribution in [3.63, 3.8) is 0 Å². The first kappa shape index (κ1) is 9.67. The highest BCUT2D eigenvalue weighted by Crippen LogP contribution is 2.30. The highest BCUT2D eigenvalue weighted by Gasteiger charge is 2.21. The predicted octanol–water partition coefficient (Wildman–Crippen LogP) is 2.98. The SMILES string of the molecule is C=CC1Cc2cccc3occ(c23)CN1C. The van der Waals surface area contributed by atoms with Crippen LogP contribution in [-0.2, 0) is 13.0 Å². The summed E-state index contributed by atoms with van der Waals surface area (Å²) in [6.45, 7) is 4.85. The maximum Gasteiger partial charge on any atom is 0.134 e. The van der Waals surface area contributed by atoms with Gasteiger partial charge in [-0.25, -0.2) is 0 Å². The van der Waals surface area contributed by atoms with E-state index in [-0.39, 0.29) is 0 Å². The summed E-state index contributed by atoms with van der Waals surface area (Å²) in [7, 11) is 2.14. The van der Waals surface area contributed by atoms with Gasteiger partial charge >= 0.3 is 0 Å². The van der Waals surface area contributed by atoms with E-state index in [1.54, 1.807) is 0 Å². The average Bonchev–Trinajstić information content (AvgIpc) is 2.63. The third-order valence-electron chi connectivity index (χ3n) is 3.45. The molecule has 1 aromatic carbocycles. The zero-order valence-corrected chi connectivity index (χ0v) is 9.44. The van der Waals surface area contributed by atoms with Crippen molar-refractivity contribution in [2.75, 3.05) is 7.05 Å². The number of hydrogen-bond acceptors (Lipinski definition) is 2. The van der Waals surface area contributed by atoms with Crippen molar-refractivity contribution >= 4 is 11.0 Å². The lowest BCUT2D eigenvalue weighted by Crippen LogP contribution is -2.29. The Kier molecular flexibility index (Phi) is 2.11. The first-order valence-electron chi connectivity index (χ1n) is 5.60. The summed E-state index contributed by atoms with van der Waals surface area (Å²) in [6, 6.07) is 6.71. The second-order valence-electron chi connectivity index (χ2n) is 4.47. The van der Waals surface area contributed by atoms with Crippen LogP contribution in [0.5, 0.6) is 0 Å². The van der Waals surface area contributed by atoms with E-state index in [0.29, 0.717) is 6.04 Å². The third kappa shape index (κ3) is 1.30. The standard InChI is InChI=1S/C14H15NO/c1-3-12-7-10-5-4-6-13-14(10)11(9-16-13)8-15(12)2/h3-6,9,12H,1,7-8H2,2H3. The van der Waals surface area contributed by atoms with E-state index >= 15 is 0 Å². The fourth-order valence-corrected chi connectivity index (χ4v) is 2.55. The van der Waals surface area contributed by atoms with Gasteiger partial charge in [0.15, 0.2) is 0 Å². The van der Waals surface area contributed by atoms with Gasteiger partial charge < -0.3 is 4.42 Å². The number of nitrogens with zero attached hydrogens (tertiary/aromatic N) is 1. The monoisotopic (exact) mass is 213 g/mol. The van der Waals surface area contributed by atoms with Crippen LogP contribution in [0.1, 0.15) is 11.1 Å². The van der Waals surface area contributed by atoms with Gasteiger partial charge in [0.05, 0.1) is 6.26 Å². The molecule has 2 aromatic rings. The van der Waals surface area contributed by atoms with E-state index in [9.17, 15) is 0 Å². The average molecular weight is 213 g/mol. The minimum atomic E-state index is 0.415. The van der Waals surface area contributed by atoms with Crippen LogP contribution in [0.15, 0.2) is 41.5 Å². The van der Waals surface area contributed by atoms with Crippen LogP contribution in [-0.4, -0.2) is 18.0 Å². The molecule has 0 bridgehead atoms. The summed E-state index contributed by atoms with van der Waals surface area (Å²) >= 11 is 0. The zero-order valence-electron chi connectivity index (χ0n) is 9.44. The molecule has 0 amide bonds. The van der Waals surface area contributed by atoms with Crippen LogP contribution in [0.2, 0.25) is 0 Å². The highest BCUT2D eigenvalue weighted by atomic mass is 16.3. The first-order valence-corrected chi connectivity index (χ1v) is 5.60. The van der Waals surface area contributed by atoms with Gasteiger partial charge in [0.25, 0.3) is 0 Å². The Labute approximate surface area is 95.2 Å². The van der Waals surface area contributed by atoms with E-state index in [1.807, 2.05) is 18.4 Å². The van der Waals surface area contributed by atoms with E-state index in [2.05, 4.69) is 30.7 Å². The molecule has 2 heteroatoms. The molecule has 2 heterocycles. The Morgan fingerprint density at radius 2 is 2.31 bits per heavy atom. The van der Waals surface area contributed by atoms with Gasteiger partial charge in [-0.1, -0.05) is 18.2 Å². The molecular weight excluding hydrogens is 198 g/mol. The summed E-state index contributed by atoms with van der Waals surface area (Å²) in [4.78, 5) is 2.32. The quantitative estimate of drug-likeness (QED) is 0.677. The number of hydrogen-bond donors (Lipinski definition) is 0. The van der Waals surface area contributed by atoms with Crippen LogP contribution in [0.25, 0.3) is 11.0 Å². The van der Waals surface area contributed by atoms with Gasteiger partial charge in [-0.15, -0.1) is 6.58 Å². The van der Waals surface area contributed by atoms with Gasteiger partial charge in [0.2, 0.25) is 0 Å². The Morgan fingerprint density at radius 3 is 3.12 bits per heavy atom. The fourth-order valence-electron chi connectivity index (χ4n) is 2.55. The summed E-state index contributed by atoms with van der Waals surface area (Å²) in [6.07, 6.45) is 4.93. The van der Waals surface area contributed by atoms with Gasteiger partial charge in [-0.05, 0) is 25.1 Å². The van der Waals surface area contributed by atoms with Crippen LogP contribution in [0.4, 0.5) is 0 Å². The molecule has 0 N–H and O–H groups in total. The minimum Gasteiger partial charge on any atom is -0.464 e. The third-order valence-corrected chi connectivity index (χ3v) is 3.45. The van der Waals surface area contributed by atoms with Crippen molar-refractivity contribution in [2.24, 2.45) is 0 Å². The predicted molar refractivity (Wildman–Crippen MR) is 65.4 cm³/mol. The van der Waals surface area contributed by atoms with Crippen molar-refractivity contribution in [2.45, 2.75) is 19.0 Å². The van der Waals surface area contributed by atoms with Gasteiger partial charge in [0, 0.05) is 23.5 Å². The molecule has 0 fully saturated rings. The van der Waals surface area contributed by atoms with Crippen molar-refractivity contribution < 1.29 is 4.42 Å². The molecule has 0 spiro atoms.